The summed E-state index contributed by atoms with van der Waals surface area (Å²) in [6.45, 7) is 0. The van der Waals surface area contributed by atoms with Crippen molar-refractivity contribution in [1.82, 2.24) is 4.90 Å². The van der Waals surface area contributed by atoms with Crippen LogP contribution < -0.4 is 0 Å². The fourth-order valence-electron chi connectivity index (χ4n) is 2.18. The number of carbonyl (C=O) groups is 1. The third-order valence-corrected chi connectivity index (χ3v) is 3.23. The number of nitrogens with zero attached hydrogens (tertiary/aromatic N) is 1. The molecule has 0 amide bonds. The van der Waals surface area contributed by atoms with E-state index in [9.17, 15) is 4.79 Å². The molecule has 0 aromatic rings. The highest BCUT2D eigenvalue weighted by Crippen LogP contribution is 2.28. The van der Waals surface area contributed by atoms with Gasteiger partial charge < -0.3 is 9.64 Å². The van der Waals surface area contributed by atoms with Crippen molar-refractivity contribution in [2.75, 3.05) is 21.2 Å². The Labute approximate surface area is 86.4 Å². The molecule has 3 nitrogen and oxygen atoms in total. The van der Waals surface area contributed by atoms with Crippen molar-refractivity contribution >= 4 is 5.97 Å². The van der Waals surface area contributed by atoms with Gasteiger partial charge in [-0.2, -0.15) is 0 Å². The Balaban J connectivity index is 2.25. The van der Waals surface area contributed by atoms with Crippen LogP contribution in [0.4, 0.5) is 0 Å². The van der Waals surface area contributed by atoms with Crippen LogP contribution in [0.2, 0.25) is 0 Å². The second-order valence-electron chi connectivity index (χ2n) is 4.42. The van der Waals surface area contributed by atoms with Crippen LogP contribution in [-0.4, -0.2) is 38.1 Å². The maximum absolute atomic E-state index is 11.1. The van der Waals surface area contributed by atoms with Gasteiger partial charge in [-0.1, -0.05) is 0 Å². The van der Waals surface area contributed by atoms with E-state index in [0.717, 1.165) is 12.8 Å². The number of methoxy groups -OCH3 is 1. The van der Waals surface area contributed by atoms with Gasteiger partial charge in [0, 0.05) is 12.5 Å². The Morgan fingerprint density at radius 3 is 2.29 bits per heavy atom. The van der Waals surface area contributed by atoms with Gasteiger partial charge in [0.25, 0.3) is 0 Å². The molecular formula is C11H21NO2. The third kappa shape index (κ3) is 3.29. The second kappa shape index (κ2) is 5.35. The summed E-state index contributed by atoms with van der Waals surface area (Å²) in [4.78, 5) is 13.3. The Bertz CT molecular complexity index is 184. The predicted molar refractivity (Wildman–Crippen MR) is 56.1 cm³/mol. The Kier molecular flexibility index (Phi) is 4.39. The van der Waals surface area contributed by atoms with Crippen LogP contribution in [0, 0.1) is 5.92 Å². The summed E-state index contributed by atoms with van der Waals surface area (Å²) in [6, 6.07) is 0.712. The summed E-state index contributed by atoms with van der Waals surface area (Å²) < 4.78 is 4.68. The van der Waals surface area contributed by atoms with Crippen molar-refractivity contribution in [3.05, 3.63) is 0 Å². The smallest absolute Gasteiger partial charge is 0.305 e. The number of hydrogen-bond donors (Lipinski definition) is 0. The van der Waals surface area contributed by atoms with Gasteiger partial charge in [0.2, 0.25) is 0 Å². The zero-order valence-corrected chi connectivity index (χ0v) is 9.45. The fraction of sp³-hybridized carbons (Fsp3) is 0.909. The van der Waals surface area contributed by atoms with Gasteiger partial charge in [-0.25, -0.2) is 0 Å². The summed E-state index contributed by atoms with van der Waals surface area (Å²) >= 11 is 0. The number of carbonyl (C=O) groups excluding carboxylic acids is 1. The third-order valence-electron chi connectivity index (χ3n) is 3.23. The van der Waals surface area contributed by atoms with E-state index in [1.54, 1.807) is 0 Å². The molecule has 14 heavy (non-hydrogen) atoms. The zero-order chi connectivity index (χ0) is 10.6. The molecule has 0 radical (unpaired) electrons. The Morgan fingerprint density at radius 1 is 1.29 bits per heavy atom. The zero-order valence-electron chi connectivity index (χ0n) is 9.45. The van der Waals surface area contributed by atoms with E-state index in [4.69, 9.17) is 0 Å². The van der Waals surface area contributed by atoms with Crippen LogP contribution in [-0.2, 0) is 9.53 Å². The van der Waals surface area contributed by atoms with Gasteiger partial charge in [-0.15, -0.1) is 0 Å². The van der Waals surface area contributed by atoms with Crippen LogP contribution >= 0.6 is 0 Å². The van der Waals surface area contributed by atoms with E-state index in [2.05, 4.69) is 23.7 Å². The maximum atomic E-state index is 11.1. The van der Waals surface area contributed by atoms with E-state index in [1.807, 2.05) is 0 Å². The summed E-state index contributed by atoms with van der Waals surface area (Å²) in [5.41, 5.74) is 0. The highest BCUT2D eigenvalue weighted by Gasteiger charge is 2.24. The van der Waals surface area contributed by atoms with Crippen LogP contribution in [0.1, 0.15) is 32.1 Å². The van der Waals surface area contributed by atoms with Crippen LogP contribution in [0.5, 0.6) is 0 Å². The molecule has 0 aromatic heterocycles. The van der Waals surface area contributed by atoms with Crippen LogP contribution in [0.25, 0.3) is 0 Å². The Hall–Kier alpha value is -0.570. The molecule has 0 heterocycles. The van der Waals surface area contributed by atoms with Gasteiger partial charge >= 0.3 is 5.97 Å². The molecule has 1 saturated carbocycles. The average Bonchev–Trinajstić information content (AvgIpc) is 2.18. The largest absolute Gasteiger partial charge is 0.469 e. The second-order valence-corrected chi connectivity index (χ2v) is 4.42. The van der Waals surface area contributed by atoms with Gasteiger partial charge in [0.1, 0.15) is 0 Å². The number of rotatable bonds is 3. The molecule has 3 heteroatoms. The first kappa shape index (κ1) is 11.5. The molecule has 0 atom stereocenters. The van der Waals surface area contributed by atoms with Crippen molar-refractivity contribution in [3.8, 4) is 0 Å². The molecule has 0 spiro atoms. The number of hydrogen-bond acceptors (Lipinski definition) is 3. The molecule has 0 N–H and O–H groups in total. The van der Waals surface area contributed by atoms with Crippen LogP contribution in [0.3, 0.4) is 0 Å². The highest BCUT2D eigenvalue weighted by atomic mass is 16.5. The van der Waals surface area contributed by atoms with Crippen molar-refractivity contribution in [2.24, 2.45) is 5.92 Å². The van der Waals surface area contributed by atoms with Gasteiger partial charge in [-0.05, 0) is 45.7 Å². The molecule has 0 aromatic carbocycles. The van der Waals surface area contributed by atoms with Crippen molar-refractivity contribution in [3.63, 3.8) is 0 Å². The average molecular weight is 199 g/mol. The lowest BCUT2D eigenvalue weighted by Crippen LogP contribution is -2.32. The molecule has 0 saturated heterocycles. The predicted octanol–water partition coefficient (Wildman–Crippen LogP) is 1.67. The van der Waals surface area contributed by atoms with Gasteiger partial charge in [0.15, 0.2) is 0 Å². The summed E-state index contributed by atoms with van der Waals surface area (Å²) in [5, 5.41) is 0. The molecule has 82 valence electrons. The topological polar surface area (TPSA) is 29.5 Å². The van der Waals surface area contributed by atoms with Gasteiger partial charge in [-0.3, -0.25) is 4.79 Å². The van der Waals surface area contributed by atoms with Crippen molar-refractivity contribution < 1.29 is 9.53 Å². The SMILES string of the molecule is COC(=O)CC1CCC(N(C)C)CC1. The normalized spacial score (nSPS) is 27.7. The molecule has 1 rings (SSSR count). The minimum atomic E-state index is -0.0571. The fourth-order valence-corrected chi connectivity index (χ4v) is 2.18. The van der Waals surface area contributed by atoms with E-state index in [-0.39, 0.29) is 5.97 Å². The lowest BCUT2D eigenvalue weighted by atomic mass is 9.84. The van der Waals surface area contributed by atoms with Gasteiger partial charge in [0.05, 0.1) is 7.11 Å². The van der Waals surface area contributed by atoms with E-state index < -0.39 is 0 Å². The first-order chi connectivity index (χ1) is 6.63. The van der Waals surface area contributed by atoms with E-state index >= 15 is 0 Å². The lowest BCUT2D eigenvalue weighted by Gasteiger charge is -2.32. The quantitative estimate of drug-likeness (QED) is 0.648. The van der Waals surface area contributed by atoms with Crippen molar-refractivity contribution in [1.29, 1.82) is 0 Å². The standard InChI is InChI=1S/C11H21NO2/c1-12(2)10-6-4-9(5-7-10)8-11(13)14-3/h9-10H,4-8H2,1-3H3. The summed E-state index contributed by atoms with van der Waals surface area (Å²) in [7, 11) is 5.73. The number of ether oxygens (including phenoxy) is 1. The van der Waals surface area contributed by atoms with Crippen molar-refractivity contribution in [2.45, 2.75) is 38.1 Å². The summed E-state index contributed by atoms with van der Waals surface area (Å²) in [6.07, 6.45) is 5.37. The molecule has 0 bridgehead atoms. The number of esters is 1. The minimum absolute atomic E-state index is 0.0571. The summed E-state index contributed by atoms with van der Waals surface area (Å²) in [5.74, 6) is 0.497. The lowest BCUT2D eigenvalue weighted by molar-refractivity contribution is -0.142. The maximum Gasteiger partial charge on any atom is 0.305 e. The monoisotopic (exact) mass is 199 g/mol. The Morgan fingerprint density at radius 2 is 1.86 bits per heavy atom. The first-order valence-corrected chi connectivity index (χ1v) is 5.36. The first-order valence-electron chi connectivity index (χ1n) is 5.36. The van der Waals surface area contributed by atoms with Crippen LogP contribution in [0.15, 0.2) is 0 Å². The van der Waals surface area contributed by atoms with E-state index in [1.165, 1.54) is 20.0 Å². The molecule has 1 aliphatic carbocycles. The molecule has 1 fully saturated rings. The highest BCUT2D eigenvalue weighted by molar-refractivity contribution is 5.69. The molecular weight excluding hydrogens is 178 g/mol. The minimum Gasteiger partial charge on any atom is -0.469 e. The molecule has 0 unspecified atom stereocenters. The molecule has 1 aliphatic rings. The molecule has 0 aliphatic heterocycles. The van der Waals surface area contributed by atoms with E-state index in [0.29, 0.717) is 18.4 Å².